The molecule has 0 unspecified atom stereocenters. The van der Waals surface area contributed by atoms with Crippen molar-refractivity contribution >= 4 is 50.6 Å². The Hall–Kier alpha value is -2.12. The van der Waals surface area contributed by atoms with E-state index in [9.17, 15) is 14.9 Å². The highest BCUT2D eigenvalue weighted by Gasteiger charge is 2.18. The zero-order chi connectivity index (χ0) is 17.7. The molecule has 1 N–H and O–H groups in total. The van der Waals surface area contributed by atoms with Crippen LogP contribution in [0.15, 0.2) is 36.4 Å². The molecule has 0 radical (unpaired) electrons. The molecule has 0 spiro atoms. The molecule has 0 atom stereocenters. The maximum absolute atomic E-state index is 11.8. The quantitative estimate of drug-likeness (QED) is 0.321. The van der Waals surface area contributed by atoms with Crippen LogP contribution in [0, 0.1) is 10.1 Å². The van der Waals surface area contributed by atoms with Gasteiger partial charge in [0.1, 0.15) is 5.69 Å². The average molecular weight is 414 g/mol. The van der Waals surface area contributed by atoms with Gasteiger partial charge in [0.2, 0.25) is 0 Å². The van der Waals surface area contributed by atoms with Crippen LogP contribution in [0.25, 0.3) is 0 Å². The largest absolute Gasteiger partial charge is 0.465 e. The van der Waals surface area contributed by atoms with Gasteiger partial charge in [-0.1, -0.05) is 33.6 Å². The molecule has 0 amide bonds. The third-order valence-electron chi connectivity index (χ3n) is 3.30. The maximum Gasteiger partial charge on any atom is 0.339 e. The van der Waals surface area contributed by atoms with Crippen LogP contribution in [0.2, 0.25) is 5.02 Å². The minimum absolute atomic E-state index is 0.0794. The summed E-state index contributed by atoms with van der Waals surface area (Å²) >= 11 is 9.28. The number of carbonyl (C=O) groups is 1. The molecule has 8 heteroatoms. The second-order valence-corrected chi connectivity index (χ2v) is 6.08. The van der Waals surface area contributed by atoms with E-state index in [1.54, 1.807) is 18.2 Å². The molecule has 0 fully saturated rings. The van der Waals surface area contributed by atoms with E-state index in [2.05, 4.69) is 21.2 Å². The van der Waals surface area contributed by atoms with Crippen molar-refractivity contribution < 1.29 is 14.5 Å². The van der Waals surface area contributed by atoms with E-state index >= 15 is 0 Å². The summed E-state index contributed by atoms with van der Waals surface area (Å²) in [4.78, 5) is 22.7. The molecule has 126 valence electrons. The summed E-state index contributed by atoms with van der Waals surface area (Å²) in [6.45, 7) is 0. The monoisotopic (exact) mass is 412 g/mol. The highest BCUT2D eigenvalue weighted by Crippen LogP contribution is 2.32. The normalized spacial score (nSPS) is 10.3. The Morgan fingerprint density at radius 2 is 2.04 bits per heavy atom. The van der Waals surface area contributed by atoms with Gasteiger partial charge in [-0.3, -0.25) is 10.1 Å². The van der Waals surface area contributed by atoms with Gasteiger partial charge < -0.3 is 10.1 Å². The van der Waals surface area contributed by atoms with Crippen molar-refractivity contribution in [1.29, 1.82) is 0 Å². The zero-order valence-electron chi connectivity index (χ0n) is 12.7. The molecule has 0 aliphatic heterocycles. The topological polar surface area (TPSA) is 81.5 Å². The molecule has 0 heterocycles. The Morgan fingerprint density at radius 3 is 2.67 bits per heavy atom. The fourth-order valence-electron chi connectivity index (χ4n) is 2.15. The molecule has 0 aliphatic rings. The van der Waals surface area contributed by atoms with Gasteiger partial charge in [-0.15, -0.1) is 0 Å². The van der Waals surface area contributed by atoms with E-state index in [4.69, 9.17) is 16.3 Å². The van der Waals surface area contributed by atoms with Crippen LogP contribution in [0.3, 0.4) is 0 Å². The highest BCUT2D eigenvalue weighted by atomic mass is 79.9. The number of nitrogens with one attached hydrogen (secondary N) is 1. The predicted octanol–water partition coefficient (Wildman–Crippen LogP) is 4.72. The number of benzene rings is 2. The van der Waals surface area contributed by atoms with Crippen LogP contribution in [0.4, 0.5) is 17.1 Å². The van der Waals surface area contributed by atoms with Gasteiger partial charge in [0.15, 0.2) is 0 Å². The fraction of sp³-hybridized carbons (Fsp3) is 0.188. The summed E-state index contributed by atoms with van der Waals surface area (Å²) in [6, 6.07) is 9.47. The molecule has 24 heavy (non-hydrogen) atoms. The molecule has 0 saturated carbocycles. The first kappa shape index (κ1) is 18.2. The van der Waals surface area contributed by atoms with Gasteiger partial charge in [-0.2, -0.15) is 0 Å². The zero-order valence-corrected chi connectivity index (χ0v) is 15.1. The summed E-state index contributed by atoms with van der Waals surface area (Å²) < 4.78 is 4.72. The van der Waals surface area contributed by atoms with Crippen molar-refractivity contribution in [2.45, 2.75) is 6.42 Å². The van der Waals surface area contributed by atoms with Crippen LogP contribution >= 0.6 is 27.5 Å². The summed E-state index contributed by atoms with van der Waals surface area (Å²) in [6.07, 6.45) is 0.672. The number of esters is 1. The number of halogens is 2. The standard InChI is InChI=1S/C16H14BrClN2O4/c1-24-16(21)12-4-3-11(18)9-14(12)19-13-5-2-10(6-7-17)8-15(13)20(22)23/h2-5,8-9,19H,6-7H2,1H3. The molecule has 6 nitrogen and oxygen atoms in total. The van der Waals surface area contributed by atoms with Gasteiger partial charge in [-0.05, 0) is 36.2 Å². The van der Waals surface area contributed by atoms with Crippen molar-refractivity contribution in [3.05, 3.63) is 62.7 Å². The van der Waals surface area contributed by atoms with Crippen molar-refractivity contribution in [2.75, 3.05) is 17.8 Å². The Kier molecular flexibility index (Phi) is 6.16. The van der Waals surface area contributed by atoms with Gasteiger partial charge >= 0.3 is 5.97 Å². The predicted molar refractivity (Wildman–Crippen MR) is 96.7 cm³/mol. The molecule has 2 rings (SSSR count). The Bertz CT molecular complexity index is 783. The van der Waals surface area contributed by atoms with Gasteiger partial charge in [0, 0.05) is 16.4 Å². The molecular weight excluding hydrogens is 400 g/mol. The number of nitro groups is 1. The molecular formula is C16H14BrClN2O4. The molecule has 0 saturated heterocycles. The number of alkyl halides is 1. The van der Waals surface area contributed by atoms with Crippen LogP contribution in [0.5, 0.6) is 0 Å². The van der Waals surface area contributed by atoms with E-state index < -0.39 is 10.9 Å². The van der Waals surface area contributed by atoms with Gasteiger partial charge in [0.05, 0.1) is 23.3 Å². The van der Waals surface area contributed by atoms with E-state index in [1.807, 2.05) is 0 Å². The number of ether oxygens (including phenoxy) is 1. The third-order valence-corrected chi connectivity index (χ3v) is 3.93. The molecule has 0 aliphatic carbocycles. The SMILES string of the molecule is COC(=O)c1ccc(Cl)cc1Nc1ccc(CCBr)cc1[N+](=O)[O-]. The second-order valence-electron chi connectivity index (χ2n) is 4.85. The van der Waals surface area contributed by atoms with Crippen LogP contribution in [-0.4, -0.2) is 23.3 Å². The lowest BCUT2D eigenvalue weighted by Gasteiger charge is -2.12. The number of rotatable bonds is 6. The van der Waals surface area contributed by atoms with E-state index in [0.717, 1.165) is 5.56 Å². The van der Waals surface area contributed by atoms with Crippen LogP contribution in [-0.2, 0) is 11.2 Å². The number of methoxy groups -OCH3 is 1. The van der Waals surface area contributed by atoms with Gasteiger partial charge in [0.25, 0.3) is 5.69 Å². The molecule has 2 aromatic rings. The fourth-order valence-corrected chi connectivity index (χ4v) is 2.78. The lowest BCUT2D eigenvalue weighted by Crippen LogP contribution is -2.06. The number of nitro benzene ring substituents is 1. The molecule has 0 bridgehead atoms. The second kappa shape index (κ2) is 8.12. The smallest absolute Gasteiger partial charge is 0.339 e. The third kappa shape index (κ3) is 4.24. The lowest BCUT2D eigenvalue weighted by atomic mass is 10.1. The minimum atomic E-state index is -0.562. The number of aryl methyl sites for hydroxylation is 1. The summed E-state index contributed by atoms with van der Waals surface area (Å²) in [5, 5.41) is 15.4. The average Bonchev–Trinajstić information content (AvgIpc) is 2.55. The summed E-state index contributed by atoms with van der Waals surface area (Å²) in [5.74, 6) is -0.562. The number of hydrogen-bond donors (Lipinski definition) is 1. The number of carbonyl (C=O) groups excluding carboxylic acids is 1. The van der Waals surface area contributed by atoms with Gasteiger partial charge in [-0.25, -0.2) is 4.79 Å². The van der Waals surface area contributed by atoms with E-state index in [0.29, 0.717) is 22.5 Å². The molecule has 0 aromatic heterocycles. The lowest BCUT2D eigenvalue weighted by molar-refractivity contribution is -0.384. The number of anilines is 2. The Labute approximate surface area is 152 Å². The maximum atomic E-state index is 11.8. The first-order valence-corrected chi connectivity index (χ1v) is 8.44. The Balaban J connectivity index is 2.46. The van der Waals surface area contributed by atoms with Crippen LogP contribution < -0.4 is 5.32 Å². The summed E-state index contributed by atoms with van der Waals surface area (Å²) in [7, 11) is 1.26. The van der Waals surface area contributed by atoms with Crippen molar-refractivity contribution in [3.8, 4) is 0 Å². The Morgan fingerprint density at radius 1 is 1.29 bits per heavy atom. The first-order chi connectivity index (χ1) is 11.5. The highest BCUT2D eigenvalue weighted by molar-refractivity contribution is 9.09. The van der Waals surface area contributed by atoms with E-state index in [-0.39, 0.29) is 16.9 Å². The van der Waals surface area contributed by atoms with Crippen molar-refractivity contribution in [1.82, 2.24) is 0 Å². The van der Waals surface area contributed by atoms with Crippen molar-refractivity contribution in [2.24, 2.45) is 0 Å². The number of hydrogen-bond acceptors (Lipinski definition) is 5. The van der Waals surface area contributed by atoms with E-state index in [1.165, 1.54) is 25.3 Å². The number of nitrogens with zero attached hydrogens (tertiary/aromatic N) is 1. The van der Waals surface area contributed by atoms with Crippen molar-refractivity contribution in [3.63, 3.8) is 0 Å². The summed E-state index contributed by atoms with van der Waals surface area (Å²) in [5.41, 5.74) is 1.60. The first-order valence-electron chi connectivity index (χ1n) is 6.94. The molecule has 2 aromatic carbocycles. The van der Waals surface area contributed by atoms with Crippen LogP contribution in [0.1, 0.15) is 15.9 Å². The minimum Gasteiger partial charge on any atom is -0.465 e.